The van der Waals surface area contributed by atoms with Gasteiger partial charge < -0.3 is 9.47 Å². The summed E-state index contributed by atoms with van der Waals surface area (Å²) in [5.74, 6) is -0.288. The molecule has 0 fully saturated rings. The van der Waals surface area contributed by atoms with Crippen LogP contribution in [-0.4, -0.2) is 32.8 Å². The molecule has 106 valence electrons. The van der Waals surface area contributed by atoms with E-state index in [2.05, 4.69) is 5.32 Å². The van der Waals surface area contributed by atoms with Crippen molar-refractivity contribution < 1.29 is 14.3 Å². The van der Waals surface area contributed by atoms with E-state index < -0.39 is 5.54 Å². The Kier molecular flexibility index (Phi) is 5.99. The third kappa shape index (κ3) is 3.78. The third-order valence-electron chi connectivity index (χ3n) is 3.02. The van der Waals surface area contributed by atoms with E-state index in [-0.39, 0.29) is 12.0 Å². The molecule has 1 unspecified atom stereocenters. The monoisotopic (exact) mass is 265 g/mol. The minimum atomic E-state index is -0.861. The molecule has 0 saturated carbocycles. The molecular formula is C15H23NO3. The average molecular weight is 265 g/mol. The summed E-state index contributed by atoms with van der Waals surface area (Å²) in [6.45, 7) is 4.49. The van der Waals surface area contributed by atoms with E-state index in [9.17, 15) is 4.79 Å². The first-order valence-corrected chi connectivity index (χ1v) is 6.47. The van der Waals surface area contributed by atoms with Crippen LogP contribution in [0.25, 0.3) is 0 Å². The van der Waals surface area contributed by atoms with Crippen LogP contribution in [0.5, 0.6) is 0 Å². The topological polar surface area (TPSA) is 47.6 Å². The van der Waals surface area contributed by atoms with Gasteiger partial charge in [-0.2, -0.15) is 0 Å². The molecule has 0 spiro atoms. The van der Waals surface area contributed by atoms with Gasteiger partial charge in [-0.05, 0) is 19.4 Å². The lowest BCUT2D eigenvalue weighted by atomic mass is 9.86. The second-order valence-electron chi connectivity index (χ2n) is 4.80. The Morgan fingerprint density at radius 2 is 1.89 bits per heavy atom. The van der Waals surface area contributed by atoms with Crippen LogP contribution < -0.4 is 5.32 Å². The Bertz CT molecular complexity index is 392. The molecule has 1 aromatic carbocycles. The fourth-order valence-corrected chi connectivity index (χ4v) is 2.22. The van der Waals surface area contributed by atoms with E-state index in [1.807, 2.05) is 44.2 Å². The van der Waals surface area contributed by atoms with Crippen LogP contribution in [0.15, 0.2) is 30.3 Å². The highest BCUT2D eigenvalue weighted by Gasteiger charge is 2.41. The Hall–Kier alpha value is -1.39. The Labute approximate surface area is 115 Å². The summed E-state index contributed by atoms with van der Waals surface area (Å²) in [5, 5.41) is 3.34. The van der Waals surface area contributed by atoms with Crippen molar-refractivity contribution in [2.24, 2.45) is 0 Å². The first-order chi connectivity index (χ1) is 9.06. The fraction of sp³-hybridized carbons (Fsp3) is 0.533. The molecule has 0 aliphatic rings. The summed E-state index contributed by atoms with van der Waals surface area (Å²) in [7, 11) is 3.04. The van der Waals surface area contributed by atoms with Crippen molar-refractivity contribution >= 4 is 5.97 Å². The standard InChI is InChI=1S/C15H23NO3/c1-12(2)16-15(10-11-18-3,14(17)19-4)13-8-6-5-7-9-13/h5-9,12,16H,10-11H2,1-4H3. The maximum atomic E-state index is 12.3. The van der Waals surface area contributed by atoms with Crippen molar-refractivity contribution in [3.05, 3.63) is 35.9 Å². The van der Waals surface area contributed by atoms with E-state index in [1.165, 1.54) is 7.11 Å². The molecule has 4 nitrogen and oxygen atoms in total. The molecule has 0 aromatic heterocycles. The lowest BCUT2D eigenvalue weighted by Gasteiger charge is -2.34. The molecule has 19 heavy (non-hydrogen) atoms. The summed E-state index contributed by atoms with van der Waals surface area (Å²) in [5.41, 5.74) is 0.0350. The van der Waals surface area contributed by atoms with Crippen LogP contribution in [0, 0.1) is 0 Å². The number of hydrogen-bond acceptors (Lipinski definition) is 4. The molecule has 4 heteroatoms. The Morgan fingerprint density at radius 3 is 2.37 bits per heavy atom. The van der Waals surface area contributed by atoms with Crippen LogP contribution in [0.2, 0.25) is 0 Å². The number of methoxy groups -OCH3 is 2. The molecule has 1 rings (SSSR count). The number of ether oxygens (including phenoxy) is 2. The predicted octanol–water partition coefficient (Wildman–Crippen LogP) is 2.09. The van der Waals surface area contributed by atoms with E-state index in [1.54, 1.807) is 7.11 Å². The summed E-state index contributed by atoms with van der Waals surface area (Å²) in [6, 6.07) is 9.78. The van der Waals surface area contributed by atoms with Gasteiger partial charge in [-0.15, -0.1) is 0 Å². The van der Waals surface area contributed by atoms with Crippen LogP contribution in [0.1, 0.15) is 25.8 Å². The number of rotatable bonds is 7. The third-order valence-corrected chi connectivity index (χ3v) is 3.02. The zero-order valence-corrected chi connectivity index (χ0v) is 12.1. The highest BCUT2D eigenvalue weighted by molar-refractivity contribution is 5.82. The second-order valence-corrected chi connectivity index (χ2v) is 4.80. The Morgan fingerprint density at radius 1 is 1.26 bits per heavy atom. The number of esters is 1. The summed E-state index contributed by atoms with van der Waals surface area (Å²) < 4.78 is 10.2. The quantitative estimate of drug-likeness (QED) is 0.767. The van der Waals surface area contributed by atoms with Gasteiger partial charge in [0.1, 0.15) is 5.54 Å². The first-order valence-electron chi connectivity index (χ1n) is 6.47. The molecule has 0 radical (unpaired) electrons. The average Bonchev–Trinajstić information content (AvgIpc) is 2.43. The summed E-state index contributed by atoms with van der Waals surface area (Å²) in [4.78, 5) is 12.3. The van der Waals surface area contributed by atoms with Crippen LogP contribution >= 0.6 is 0 Å². The molecule has 0 aliphatic carbocycles. The molecule has 0 aliphatic heterocycles. The van der Waals surface area contributed by atoms with Gasteiger partial charge in [-0.3, -0.25) is 5.32 Å². The fourth-order valence-electron chi connectivity index (χ4n) is 2.22. The summed E-state index contributed by atoms with van der Waals surface area (Å²) in [6.07, 6.45) is 0.526. The van der Waals surface area contributed by atoms with Crippen molar-refractivity contribution in [2.45, 2.75) is 31.8 Å². The maximum Gasteiger partial charge on any atom is 0.330 e. The number of hydrogen-bond donors (Lipinski definition) is 1. The van der Waals surface area contributed by atoms with Gasteiger partial charge in [0.25, 0.3) is 0 Å². The number of benzene rings is 1. The zero-order valence-electron chi connectivity index (χ0n) is 12.1. The lowest BCUT2D eigenvalue weighted by molar-refractivity contribution is -0.150. The maximum absolute atomic E-state index is 12.3. The van der Waals surface area contributed by atoms with Crippen LogP contribution in [-0.2, 0) is 19.8 Å². The molecule has 1 N–H and O–H groups in total. The second kappa shape index (κ2) is 7.26. The number of carbonyl (C=O) groups excluding carboxylic acids is 1. The van der Waals surface area contributed by atoms with Crippen molar-refractivity contribution in [3.8, 4) is 0 Å². The van der Waals surface area contributed by atoms with Gasteiger partial charge in [0.05, 0.1) is 7.11 Å². The van der Waals surface area contributed by atoms with Crippen molar-refractivity contribution in [1.82, 2.24) is 5.32 Å². The SMILES string of the molecule is COCCC(NC(C)C)(C(=O)OC)c1ccccc1. The Balaban J connectivity index is 3.21. The normalized spacial score (nSPS) is 14.2. The minimum Gasteiger partial charge on any atom is -0.467 e. The summed E-state index contributed by atoms with van der Waals surface area (Å²) >= 11 is 0. The minimum absolute atomic E-state index is 0.149. The van der Waals surface area contributed by atoms with Crippen molar-refractivity contribution in [3.63, 3.8) is 0 Å². The van der Waals surface area contributed by atoms with Crippen LogP contribution in [0.4, 0.5) is 0 Å². The highest BCUT2D eigenvalue weighted by atomic mass is 16.5. The molecule has 0 heterocycles. The van der Waals surface area contributed by atoms with E-state index in [0.29, 0.717) is 13.0 Å². The van der Waals surface area contributed by atoms with Gasteiger partial charge in [0.2, 0.25) is 0 Å². The van der Waals surface area contributed by atoms with E-state index >= 15 is 0 Å². The predicted molar refractivity (Wildman–Crippen MR) is 74.9 cm³/mol. The van der Waals surface area contributed by atoms with Crippen LogP contribution in [0.3, 0.4) is 0 Å². The molecule has 0 saturated heterocycles. The smallest absolute Gasteiger partial charge is 0.330 e. The van der Waals surface area contributed by atoms with E-state index in [4.69, 9.17) is 9.47 Å². The molecule has 1 aromatic rings. The van der Waals surface area contributed by atoms with Crippen molar-refractivity contribution in [1.29, 1.82) is 0 Å². The van der Waals surface area contributed by atoms with Gasteiger partial charge in [-0.1, -0.05) is 30.3 Å². The van der Waals surface area contributed by atoms with Gasteiger partial charge >= 0.3 is 5.97 Å². The van der Waals surface area contributed by atoms with Gasteiger partial charge in [-0.25, -0.2) is 4.79 Å². The molecular weight excluding hydrogens is 242 g/mol. The lowest BCUT2D eigenvalue weighted by Crippen LogP contribution is -2.53. The zero-order chi connectivity index (χ0) is 14.3. The van der Waals surface area contributed by atoms with Gasteiger partial charge in [0.15, 0.2) is 0 Å². The largest absolute Gasteiger partial charge is 0.467 e. The molecule has 1 atom stereocenters. The number of carbonyl (C=O) groups is 1. The molecule has 0 amide bonds. The number of nitrogens with one attached hydrogen (secondary N) is 1. The first kappa shape index (κ1) is 15.7. The van der Waals surface area contributed by atoms with Gasteiger partial charge in [0, 0.05) is 26.2 Å². The highest BCUT2D eigenvalue weighted by Crippen LogP contribution is 2.27. The van der Waals surface area contributed by atoms with Crippen molar-refractivity contribution in [2.75, 3.05) is 20.8 Å². The van der Waals surface area contributed by atoms with E-state index in [0.717, 1.165) is 5.56 Å². The molecule has 0 bridgehead atoms.